The molecule has 1 amide bonds. The molecular formula is C14H21N3O. The van der Waals surface area contributed by atoms with Crippen LogP contribution in [0.1, 0.15) is 38.4 Å². The number of likely N-dealkylation sites (tertiary alicyclic amines) is 1. The molecule has 2 heterocycles. The Morgan fingerprint density at radius 1 is 1.33 bits per heavy atom. The van der Waals surface area contributed by atoms with Crippen molar-refractivity contribution in [2.75, 3.05) is 13.1 Å². The quantitative estimate of drug-likeness (QED) is 0.881. The van der Waals surface area contributed by atoms with Gasteiger partial charge in [0.25, 0.3) is 0 Å². The average molecular weight is 247 g/mol. The summed E-state index contributed by atoms with van der Waals surface area (Å²) < 4.78 is 0. The number of hydrogen-bond acceptors (Lipinski definition) is 3. The zero-order valence-corrected chi connectivity index (χ0v) is 11.1. The van der Waals surface area contributed by atoms with Crippen LogP contribution in [0.4, 0.5) is 0 Å². The van der Waals surface area contributed by atoms with Crippen molar-refractivity contribution in [3.63, 3.8) is 0 Å². The van der Waals surface area contributed by atoms with E-state index in [0.29, 0.717) is 0 Å². The van der Waals surface area contributed by atoms with Gasteiger partial charge >= 0.3 is 0 Å². The molecule has 0 spiro atoms. The third kappa shape index (κ3) is 3.07. The smallest absolute Gasteiger partial charge is 0.239 e. The van der Waals surface area contributed by atoms with Crippen LogP contribution in [0.3, 0.4) is 0 Å². The van der Waals surface area contributed by atoms with Crippen LogP contribution in [0.15, 0.2) is 24.4 Å². The van der Waals surface area contributed by atoms with Gasteiger partial charge < -0.3 is 4.90 Å². The van der Waals surface area contributed by atoms with Crippen LogP contribution < -0.4 is 5.32 Å². The summed E-state index contributed by atoms with van der Waals surface area (Å²) in [5, 5.41) is 3.32. The Labute approximate surface area is 108 Å². The summed E-state index contributed by atoms with van der Waals surface area (Å²) in [7, 11) is 0. The molecule has 0 bridgehead atoms. The average Bonchev–Trinajstić information content (AvgIpc) is 2.92. The molecule has 1 saturated heterocycles. The van der Waals surface area contributed by atoms with Gasteiger partial charge in [-0.1, -0.05) is 6.07 Å². The maximum atomic E-state index is 12.2. The summed E-state index contributed by atoms with van der Waals surface area (Å²) in [5.41, 5.74) is 0.971. The highest BCUT2D eigenvalue weighted by Crippen LogP contribution is 2.12. The van der Waals surface area contributed by atoms with E-state index in [4.69, 9.17) is 0 Å². The second-order valence-corrected chi connectivity index (χ2v) is 4.90. The van der Waals surface area contributed by atoms with Crippen molar-refractivity contribution in [3.8, 4) is 0 Å². The fourth-order valence-corrected chi connectivity index (χ4v) is 2.38. The third-order valence-corrected chi connectivity index (χ3v) is 3.42. The second kappa shape index (κ2) is 5.96. The minimum Gasteiger partial charge on any atom is -0.341 e. The predicted molar refractivity (Wildman–Crippen MR) is 71.1 cm³/mol. The summed E-state index contributed by atoms with van der Waals surface area (Å²) in [6, 6.07) is 5.78. The minimum absolute atomic E-state index is 0.0905. The molecule has 4 nitrogen and oxygen atoms in total. The SMILES string of the molecule is CC(NC(C)c1ccccn1)C(=O)N1CCCC1. The van der Waals surface area contributed by atoms with Crippen molar-refractivity contribution in [2.24, 2.45) is 0 Å². The van der Waals surface area contributed by atoms with Gasteiger partial charge in [0, 0.05) is 25.3 Å². The first-order valence-electron chi connectivity index (χ1n) is 6.64. The highest BCUT2D eigenvalue weighted by atomic mass is 16.2. The molecular weight excluding hydrogens is 226 g/mol. The zero-order valence-electron chi connectivity index (χ0n) is 11.1. The van der Waals surface area contributed by atoms with Crippen molar-refractivity contribution in [1.82, 2.24) is 15.2 Å². The van der Waals surface area contributed by atoms with Crippen molar-refractivity contribution in [1.29, 1.82) is 0 Å². The van der Waals surface area contributed by atoms with E-state index in [9.17, 15) is 4.79 Å². The monoisotopic (exact) mass is 247 g/mol. The summed E-state index contributed by atoms with van der Waals surface area (Å²) in [6.07, 6.45) is 4.04. The van der Waals surface area contributed by atoms with Crippen LogP contribution in [0, 0.1) is 0 Å². The van der Waals surface area contributed by atoms with E-state index in [1.165, 1.54) is 0 Å². The van der Waals surface area contributed by atoms with E-state index in [1.54, 1.807) is 6.20 Å². The van der Waals surface area contributed by atoms with Crippen LogP contribution >= 0.6 is 0 Å². The lowest BCUT2D eigenvalue weighted by molar-refractivity contribution is -0.132. The number of aromatic nitrogens is 1. The largest absolute Gasteiger partial charge is 0.341 e. The molecule has 0 aliphatic carbocycles. The number of nitrogens with one attached hydrogen (secondary N) is 1. The molecule has 1 aromatic rings. The molecule has 4 heteroatoms. The topological polar surface area (TPSA) is 45.2 Å². The van der Waals surface area contributed by atoms with E-state index in [2.05, 4.69) is 10.3 Å². The Morgan fingerprint density at radius 3 is 2.67 bits per heavy atom. The van der Waals surface area contributed by atoms with E-state index in [1.807, 2.05) is 36.9 Å². The van der Waals surface area contributed by atoms with Gasteiger partial charge in [0.15, 0.2) is 0 Å². The first-order valence-corrected chi connectivity index (χ1v) is 6.64. The number of pyridine rings is 1. The van der Waals surface area contributed by atoms with Crippen LogP contribution in [0.5, 0.6) is 0 Å². The number of hydrogen-bond donors (Lipinski definition) is 1. The first-order chi connectivity index (χ1) is 8.68. The number of rotatable bonds is 4. The van der Waals surface area contributed by atoms with Gasteiger partial charge in [0.05, 0.1) is 11.7 Å². The third-order valence-electron chi connectivity index (χ3n) is 3.42. The lowest BCUT2D eigenvalue weighted by Gasteiger charge is -2.24. The standard InChI is InChI=1S/C14H21N3O/c1-11(13-7-3-4-8-15-13)16-12(2)14(18)17-9-5-6-10-17/h3-4,7-8,11-12,16H,5-6,9-10H2,1-2H3. The van der Waals surface area contributed by atoms with E-state index < -0.39 is 0 Å². The molecule has 2 rings (SSSR count). The molecule has 0 radical (unpaired) electrons. The lowest BCUT2D eigenvalue weighted by Crippen LogP contribution is -2.44. The number of carbonyl (C=O) groups is 1. The van der Waals surface area contributed by atoms with E-state index >= 15 is 0 Å². The fourth-order valence-electron chi connectivity index (χ4n) is 2.38. The summed E-state index contributed by atoms with van der Waals surface area (Å²) in [5.74, 6) is 0.204. The normalized spacial score (nSPS) is 18.7. The minimum atomic E-state index is -0.153. The van der Waals surface area contributed by atoms with E-state index in [-0.39, 0.29) is 18.0 Å². The van der Waals surface area contributed by atoms with Crippen molar-refractivity contribution in [2.45, 2.75) is 38.8 Å². The Balaban J connectivity index is 1.90. The molecule has 1 aliphatic rings. The van der Waals surface area contributed by atoms with Crippen molar-refractivity contribution in [3.05, 3.63) is 30.1 Å². The molecule has 98 valence electrons. The van der Waals surface area contributed by atoms with Crippen molar-refractivity contribution < 1.29 is 4.79 Å². The van der Waals surface area contributed by atoms with E-state index in [0.717, 1.165) is 31.6 Å². The van der Waals surface area contributed by atoms with Gasteiger partial charge in [-0.3, -0.25) is 15.1 Å². The maximum absolute atomic E-state index is 12.2. The molecule has 0 saturated carbocycles. The lowest BCUT2D eigenvalue weighted by atomic mass is 10.2. The Bertz CT molecular complexity index is 387. The molecule has 18 heavy (non-hydrogen) atoms. The van der Waals surface area contributed by atoms with Gasteiger partial charge in [0.2, 0.25) is 5.91 Å². The van der Waals surface area contributed by atoms with Crippen LogP contribution in [-0.4, -0.2) is 34.9 Å². The van der Waals surface area contributed by atoms with Crippen LogP contribution in [-0.2, 0) is 4.79 Å². The Kier molecular flexibility index (Phi) is 4.31. The molecule has 1 fully saturated rings. The van der Waals surface area contributed by atoms with Gasteiger partial charge in [-0.2, -0.15) is 0 Å². The molecule has 1 N–H and O–H groups in total. The summed E-state index contributed by atoms with van der Waals surface area (Å²) in [6.45, 7) is 5.78. The molecule has 2 unspecified atom stereocenters. The second-order valence-electron chi connectivity index (χ2n) is 4.90. The number of carbonyl (C=O) groups excluding carboxylic acids is 1. The molecule has 1 aromatic heterocycles. The maximum Gasteiger partial charge on any atom is 0.239 e. The molecule has 1 aliphatic heterocycles. The molecule has 2 atom stereocenters. The van der Waals surface area contributed by atoms with Gasteiger partial charge in [-0.25, -0.2) is 0 Å². The fraction of sp³-hybridized carbons (Fsp3) is 0.571. The van der Waals surface area contributed by atoms with Gasteiger partial charge in [-0.15, -0.1) is 0 Å². The van der Waals surface area contributed by atoms with Crippen molar-refractivity contribution >= 4 is 5.91 Å². The summed E-state index contributed by atoms with van der Waals surface area (Å²) in [4.78, 5) is 18.4. The van der Waals surface area contributed by atoms with Gasteiger partial charge in [-0.05, 0) is 38.8 Å². The highest BCUT2D eigenvalue weighted by Gasteiger charge is 2.24. The predicted octanol–water partition coefficient (Wildman–Crippen LogP) is 1.74. The highest BCUT2D eigenvalue weighted by molar-refractivity contribution is 5.81. The summed E-state index contributed by atoms with van der Waals surface area (Å²) >= 11 is 0. The number of nitrogens with zero attached hydrogens (tertiary/aromatic N) is 2. The van der Waals surface area contributed by atoms with Crippen LogP contribution in [0.2, 0.25) is 0 Å². The number of amides is 1. The zero-order chi connectivity index (χ0) is 13.0. The Hall–Kier alpha value is -1.42. The first kappa shape index (κ1) is 13.0. The van der Waals surface area contributed by atoms with Gasteiger partial charge in [0.1, 0.15) is 0 Å². The Morgan fingerprint density at radius 2 is 2.06 bits per heavy atom. The van der Waals surface area contributed by atoms with Crippen LogP contribution in [0.25, 0.3) is 0 Å². The molecule has 0 aromatic carbocycles.